The van der Waals surface area contributed by atoms with Gasteiger partial charge in [-0.15, -0.1) is 13.2 Å². The lowest BCUT2D eigenvalue weighted by molar-refractivity contribution is -0.274. The van der Waals surface area contributed by atoms with Crippen molar-refractivity contribution in [3.8, 4) is 5.75 Å². The molecule has 0 aromatic heterocycles. The highest BCUT2D eigenvalue weighted by Crippen LogP contribution is 2.24. The fourth-order valence-corrected chi connectivity index (χ4v) is 3.98. The van der Waals surface area contributed by atoms with Crippen molar-refractivity contribution in [2.45, 2.75) is 26.1 Å². The van der Waals surface area contributed by atoms with Gasteiger partial charge in [-0.25, -0.2) is 0 Å². The van der Waals surface area contributed by atoms with Crippen molar-refractivity contribution in [1.29, 1.82) is 0 Å². The van der Waals surface area contributed by atoms with E-state index in [1.165, 1.54) is 23.5 Å². The van der Waals surface area contributed by atoms with Gasteiger partial charge in [0.2, 0.25) is 5.91 Å². The highest BCUT2D eigenvalue weighted by atomic mass is 32.2. The standard InChI is InChI=1S/C16H22F3N3O4S/c1-12-7-9-22(10-8-12)27(24,25)21(2)11-15(23)20-13-3-5-14(6-4-13)26-16(17,18)19/h3-6,12H,7-11H2,1-2H3,(H,20,23). The van der Waals surface area contributed by atoms with Crippen molar-refractivity contribution in [2.75, 3.05) is 32.0 Å². The van der Waals surface area contributed by atoms with Gasteiger partial charge in [-0.05, 0) is 43.0 Å². The summed E-state index contributed by atoms with van der Waals surface area (Å²) in [7, 11) is -2.43. The van der Waals surface area contributed by atoms with Crippen LogP contribution in [-0.2, 0) is 15.0 Å². The van der Waals surface area contributed by atoms with Crippen LogP contribution in [-0.4, -0.2) is 56.0 Å². The van der Waals surface area contributed by atoms with E-state index in [2.05, 4.69) is 17.0 Å². The minimum atomic E-state index is -4.80. The molecule has 0 saturated carbocycles. The lowest BCUT2D eigenvalue weighted by Gasteiger charge is -2.32. The first-order chi connectivity index (χ1) is 12.5. The molecule has 27 heavy (non-hydrogen) atoms. The molecule has 0 radical (unpaired) electrons. The van der Waals surface area contributed by atoms with Crippen molar-refractivity contribution >= 4 is 21.8 Å². The molecule has 1 aliphatic heterocycles. The number of halogens is 3. The van der Waals surface area contributed by atoms with Crippen LogP contribution in [0.25, 0.3) is 0 Å². The van der Waals surface area contributed by atoms with Crippen LogP contribution in [0.2, 0.25) is 0 Å². The highest BCUT2D eigenvalue weighted by molar-refractivity contribution is 7.86. The number of amides is 1. The normalized spacial score (nSPS) is 17.1. The van der Waals surface area contributed by atoms with Crippen molar-refractivity contribution in [3.63, 3.8) is 0 Å². The van der Waals surface area contributed by atoms with Gasteiger partial charge in [-0.1, -0.05) is 6.92 Å². The molecule has 1 aromatic rings. The van der Waals surface area contributed by atoms with Gasteiger partial charge in [0.15, 0.2) is 0 Å². The van der Waals surface area contributed by atoms with E-state index < -0.39 is 34.8 Å². The second kappa shape index (κ2) is 8.44. The Kier molecular flexibility index (Phi) is 6.71. The molecule has 152 valence electrons. The third kappa shape index (κ3) is 6.36. The molecule has 0 aliphatic carbocycles. The van der Waals surface area contributed by atoms with Crippen molar-refractivity contribution in [1.82, 2.24) is 8.61 Å². The van der Waals surface area contributed by atoms with Crippen LogP contribution in [0.4, 0.5) is 18.9 Å². The number of likely N-dealkylation sites (N-methyl/N-ethyl adjacent to an activating group) is 1. The monoisotopic (exact) mass is 409 g/mol. The third-order valence-electron chi connectivity index (χ3n) is 4.20. The molecule has 1 amide bonds. The molecular weight excluding hydrogens is 387 g/mol. The number of piperidine rings is 1. The molecular formula is C16H22F3N3O4S. The van der Waals surface area contributed by atoms with E-state index in [0.29, 0.717) is 19.0 Å². The summed E-state index contributed by atoms with van der Waals surface area (Å²) in [4.78, 5) is 12.1. The molecule has 0 atom stereocenters. The number of ether oxygens (including phenoxy) is 1. The maximum absolute atomic E-state index is 12.5. The maximum atomic E-state index is 12.5. The highest BCUT2D eigenvalue weighted by Gasteiger charge is 2.32. The Morgan fingerprint density at radius 2 is 1.81 bits per heavy atom. The Morgan fingerprint density at radius 3 is 2.33 bits per heavy atom. The van der Waals surface area contributed by atoms with Crippen molar-refractivity contribution in [2.24, 2.45) is 5.92 Å². The van der Waals surface area contributed by atoms with Gasteiger partial charge in [0, 0.05) is 25.8 Å². The molecule has 0 unspecified atom stereocenters. The number of carbonyl (C=O) groups is 1. The zero-order valence-electron chi connectivity index (χ0n) is 15.0. The molecule has 0 bridgehead atoms. The number of nitrogens with one attached hydrogen (secondary N) is 1. The van der Waals surface area contributed by atoms with Gasteiger partial charge in [0.05, 0.1) is 6.54 Å². The molecule has 1 aromatic carbocycles. The second-order valence-electron chi connectivity index (χ2n) is 6.47. The predicted molar refractivity (Wildman–Crippen MR) is 93.3 cm³/mol. The van der Waals surface area contributed by atoms with E-state index in [-0.39, 0.29) is 5.69 Å². The summed E-state index contributed by atoms with van der Waals surface area (Å²) >= 11 is 0. The first-order valence-corrected chi connectivity index (χ1v) is 9.74. The molecule has 1 fully saturated rings. The first kappa shape index (κ1) is 21.5. The molecule has 0 spiro atoms. The summed E-state index contributed by atoms with van der Waals surface area (Å²) in [5.74, 6) is -0.551. The van der Waals surface area contributed by atoms with Crippen LogP contribution >= 0.6 is 0 Å². The Morgan fingerprint density at radius 1 is 1.26 bits per heavy atom. The zero-order chi connectivity index (χ0) is 20.2. The van der Waals surface area contributed by atoms with E-state index in [9.17, 15) is 26.4 Å². The molecule has 1 heterocycles. The minimum Gasteiger partial charge on any atom is -0.406 e. The van der Waals surface area contributed by atoms with Gasteiger partial charge in [-0.3, -0.25) is 4.79 Å². The third-order valence-corrected chi connectivity index (χ3v) is 6.14. The maximum Gasteiger partial charge on any atom is 0.573 e. The molecule has 2 rings (SSSR count). The van der Waals surface area contributed by atoms with Crippen LogP contribution in [0.5, 0.6) is 5.75 Å². The molecule has 1 aliphatic rings. The lowest BCUT2D eigenvalue weighted by atomic mass is 10.0. The number of hydrogen-bond donors (Lipinski definition) is 1. The predicted octanol–water partition coefficient (Wildman–Crippen LogP) is 2.43. The summed E-state index contributed by atoms with van der Waals surface area (Å²) < 4.78 is 67.4. The largest absolute Gasteiger partial charge is 0.573 e. The Balaban J connectivity index is 1.90. The van der Waals surface area contributed by atoms with E-state index in [1.807, 2.05) is 0 Å². The molecule has 1 N–H and O–H groups in total. The summed E-state index contributed by atoms with van der Waals surface area (Å²) in [6.07, 6.45) is -3.26. The Hall–Kier alpha value is -1.85. The van der Waals surface area contributed by atoms with Crippen LogP contribution in [0.3, 0.4) is 0 Å². The topological polar surface area (TPSA) is 79.0 Å². The fourth-order valence-electron chi connectivity index (χ4n) is 2.64. The average molecular weight is 409 g/mol. The number of anilines is 1. The number of rotatable bonds is 6. The summed E-state index contributed by atoms with van der Waals surface area (Å²) in [5, 5.41) is 2.44. The van der Waals surface area contributed by atoms with Crippen LogP contribution < -0.4 is 10.1 Å². The molecule has 7 nitrogen and oxygen atoms in total. The quantitative estimate of drug-likeness (QED) is 0.783. The average Bonchev–Trinajstić information content (AvgIpc) is 2.55. The Bertz CT molecular complexity index is 745. The van der Waals surface area contributed by atoms with Crippen LogP contribution in [0.1, 0.15) is 19.8 Å². The fraction of sp³-hybridized carbons (Fsp3) is 0.562. The number of benzene rings is 1. The first-order valence-electron chi connectivity index (χ1n) is 8.34. The van der Waals surface area contributed by atoms with E-state index in [1.54, 1.807) is 0 Å². The minimum absolute atomic E-state index is 0.229. The van der Waals surface area contributed by atoms with Crippen molar-refractivity contribution < 1.29 is 31.1 Å². The van der Waals surface area contributed by atoms with Gasteiger partial charge in [-0.2, -0.15) is 17.0 Å². The van der Waals surface area contributed by atoms with Gasteiger partial charge >= 0.3 is 6.36 Å². The van der Waals surface area contributed by atoms with E-state index >= 15 is 0 Å². The Labute approximate surface area is 156 Å². The number of nitrogens with zero attached hydrogens (tertiary/aromatic N) is 2. The van der Waals surface area contributed by atoms with Gasteiger partial charge in [0.1, 0.15) is 5.75 Å². The number of alkyl halides is 3. The number of hydrogen-bond acceptors (Lipinski definition) is 4. The van der Waals surface area contributed by atoms with Crippen molar-refractivity contribution in [3.05, 3.63) is 24.3 Å². The molecule has 1 saturated heterocycles. The molecule has 11 heteroatoms. The summed E-state index contributed by atoms with van der Waals surface area (Å²) in [6.45, 7) is 2.48. The summed E-state index contributed by atoms with van der Waals surface area (Å²) in [5.41, 5.74) is 0.229. The number of carbonyl (C=O) groups excluding carboxylic acids is 1. The van der Waals surface area contributed by atoms with Gasteiger partial charge in [0.25, 0.3) is 10.2 Å². The smallest absolute Gasteiger partial charge is 0.406 e. The lowest BCUT2D eigenvalue weighted by Crippen LogP contribution is -2.47. The van der Waals surface area contributed by atoms with Crippen LogP contribution in [0.15, 0.2) is 24.3 Å². The zero-order valence-corrected chi connectivity index (χ0v) is 15.8. The second-order valence-corrected chi connectivity index (χ2v) is 8.50. The van der Waals surface area contributed by atoms with E-state index in [4.69, 9.17) is 0 Å². The van der Waals surface area contributed by atoms with Gasteiger partial charge < -0.3 is 10.1 Å². The van der Waals surface area contributed by atoms with Crippen LogP contribution in [0, 0.1) is 5.92 Å². The SMILES string of the molecule is CC1CCN(S(=O)(=O)N(C)CC(=O)Nc2ccc(OC(F)(F)F)cc2)CC1. The van der Waals surface area contributed by atoms with E-state index in [0.717, 1.165) is 29.3 Å². The summed E-state index contributed by atoms with van der Waals surface area (Å²) in [6, 6.07) is 4.58.